The maximum atomic E-state index is 12.9. The fourth-order valence-corrected chi connectivity index (χ4v) is 7.44. The third-order valence-electron chi connectivity index (χ3n) is 10.5. The van der Waals surface area contributed by atoms with Gasteiger partial charge < -0.3 is 30.7 Å². The van der Waals surface area contributed by atoms with Crippen LogP contribution in [0.3, 0.4) is 0 Å². The molecule has 10 heteroatoms. The van der Waals surface area contributed by atoms with Crippen LogP contribution in [0.15, 0.2) is 60.7 Å². The summed E-state index contributed by atoms with van der Waals surface area (Å²) < 4.78 is 10.8. The van der Waals surface area contributed by atoms with Crippen LogP contribution < -0.4 is 30.7 Å². The molecular weight excluding hydrogens is 705 g/mol. The van der Waals surface area contributed by atoms with Gasteiger partial charge in [-0.05, 0) is 104 Å². The van der Waals surface area contributed by atoms with E-state index in [9.17, 15) is 19.2 Å². The van der Waals surface area contributed by atoms with Crippen molar-refractivity contribution in [2.45, 2.75) is 77.5 Å². The van der Waals surface area contributed by atoms with Crippen LogP contribution in [0.25, 0.3) is 0 Å². The molecule has 4 heterocycles. The number of carbonyl (C=O) groups excluding carboxylic acids is 4. The minimum Gasteiger partial charge on any atom is -0.495 e. The normalized spacial score (nSPS) is 17.8. The first kappa shape index (κ1) is 37.8. The number of rotatable bonds is 2. The highest BCUT2D eigenvalue weighted by Gasteiger charge is 2.42. The molecule has 0 radical (unpaired) electrons. The monoisotopic (exact) mass is 748 g/mol. The summed E-state index contributed by atoms with van der Waals surface area (Å²) in [6.45, 7) is 14.8. The Bertz CT molecular complexity index is 2380. The van der Waals surface area contributed by atoms with E-state index in [-0.39, 0.29) is 23.1 Å². The average Bonchev–Trinajstić information content (AvgIpc) is 3.74. The fraction of sp³-hybridized carbons (Fsp3) is 0.304. The molecule has 8 rings (SSSR count). The lowest BCUT2D eigenvalue weighted by atomic mass is 9.95. The highest BCUT2D eigenvalue weighted by atomic mass is 16.5. The van der Waals surface area contributed by atoms with Crippen molar-refractivity contribution in [3.8, 4) is 35.2 Å². The van der Waals surface area contributed by atoms with Crippen LogP contribution in [-0.2, 0) is 0 Å². The molecular formula is C46H44N4O6. The molecule has 4 aromatic rings. The van der Waals surface area contributed by atoms with E-state index in [1.165, 1.54) is 0 Å². The lowest BCUT2D eigenvalue weighted by Crippen LogP contribution is -2.34. The molecule has 0 unspecified atom stereocenters. The first-order valence-electron chi connectivity index (χ1n) is 18.4. The lowest BCUT2D eigenvalue weighted by Gasteiger charge is -2.16. The van der Waals surface area contributed by atoms with Crippen molar-refractivity contribution in [2.75, 3.05) is 35.5 Å². The van der Waals surface area contributed by atoms with Crippen LogP contribution in [0, 0.1) is 23.7 Å². The van der Waals surface area contributed by atoms with Gasteiger partial charge in [0.1, 0.15) is 11.5 Å². The van der Waals surface area contributed by atoms with Crippen molar-refractivity contribution >= 4 is 45.9 Å². The Morgan fingerprint density at radius 3 is 1.09 bits per heavy atom. The van der Waals surface area contributed by atoms with Crippen LogP contribution >= 0.6 is 0 Å². The molecule has 0 aromatic heterocycles. The maximum absolute atomic E-state index is 12.9. The summed E-state index contributed by atoms with van der Waals surface area (Å²) in [5.74, 6) is 13.9. The number of carbonyl (C=O) groups is 4. The number of para-hydroxylation sites is 2. The molecule has 10 nitrogen and oxygen atoms in total. The van der Waals surface area contributed by atoms with Crippen molar-refractivity contribution in [3.05, 3.63) is 105 Å². The smallest absolute Gasteiger partial charge is 0.191 e. The molecule has 0 fully saturated rings. The van der Waals surface area contributed by atoms with Crippen molar-refractivity contribution in [2.24, 2.45) is 0 Å². The molecule has 0 saturated heterocycles. The predicted octanol–water partition coefficient (Wildman–Crippen LogP) is 7.74. The number of nitrogens with one attached hydrogen (secondary N) is 4. The van der Waals surface area contributed by atoms with Gasteiger partial charge in [-0.25, -0.2) is 0 Å². The molecule has 4 aromatic carbocycles. The Morgan fingerprint density at radius 2 is 0.732 bits per heavy atom. The summed E-state index contributed by atoms with van der Waals surface area (Å²) in [6, 6.07) is 18.3. The summed E-state index contributed by atoms with van der Waals surface area (Å²) in [4.78, 5) is 50.8. The fourth-order valence-electron chi connectivity index (χ4n) is 7.44. The summed E-state index contributed by atoms with van der Waals surface area (Å²) in [6.07, 6.45) is 0. The van der Waals surface area contributed by atoms with E-state index in [0.29, 0.717) is 56.3 Å². The van der Waals surface area contributed by atoms with E-state index in [1.54, 1.807) is 26.4 Å². The zero-order chi connectivity index (χ0) is 40.5. The number of benzene rings is 4. The molecule has 284 valence electrons. The number of Topliss-reactive ketones (excluding diaryl/α,β-unsaturated/α-hetero) is 4. The van der Waals surface area contributed by atoms with Gasteiger partial charge >= 0.3 is 0 Å². The first-order valence-corrected chi connectivity index (χ1v) is 18.4. The SMILES string of the molecule is COc1ccc(C#Cc2cccc3c2NC(C)(C)C3=O)c2c1NC(C)(C)C2=O.COc1ccc(C#Cc2cccc3c2NC(C)(C)C3=O)c2c1NC(C)(C)C2=O. The van der Waals surface area contributed by atoms with E-state index >= 15 is 0 Å². The highest BCUT2D eigenvalue weighted by Crippen LogP contribution is 2.43. The maximum Gasteiger partial charge on any atom is 0.191 e. The standard InChI is InChI=1S/2C23H22N2O3/c2*1-22(2)20(26)15-8-6-7-14(18(15)24-22)10-9-13-11-12-16(28-5)19-17(13)21(27)23(3,4)25-19/h2*6-8,11-12,24-25H,1-5H3. The molecule has 0 saturated carbocycles. The third-order valence-corrected chi connectivity index (χ3v) is 10.5. The van der Waals surface area contributed by atoms with Crippen molar-refractivity contribution in [1.82, 2.24) is 0 Å². The Labute approximate surface area is 327 Å². The van der Waals surface area contributed by atoms with Crippen molar-refractivity contribution < 1.29 is 28.7 Å². The quantitative estimate of drug-likeness (QED) is 0.151. The van der Waals surface area contributed by atoms with Crippen LogP contribution in [0.1, 0.15) is 119 Å². The second-order valence-electron chi connectivity index (χ2n) is 16.4. The predicted molar refractivity (Wildman–Crippen MR) is 219 cm³/mol. The number of hydrogen-bond acceptors (Lipinski definition) is 10. The van der Waals surface area contributed by atoms with Gasteiger partial charge in [-0.2, -0.15) is 0 Å². The number of hydrogen-bond donors (Lipinski definition) is 4. The first-order chi connectivity index (χ1) is 26.3. The van der Waals surface area contributed by atoms with Gasteiger partial charge in [-0.3, -0.25) is 19.2 Å². The van der Waals surface area contributed by atoms with Gasteiger partial charge in [0.2, 0.25) is 0 Å². The van der Waals surface area contributed by atoms with E-state index in [4.69, 9.17) is 9.47 Å². The number of ether oxygens (including phenoxy) is 2. The van der Waals surface area contributed by atoms with Gasteiger partial charge in [-0.15, -0.1) is 0 Å². The molecule has 56 heavy (non-hydrogen) atoms. The van der Waals surface area contributed by atoms with Crippen LogP contribution in [-0.4, -0.2) is 59.5 Å². The van der Waals surface area contributed by atoms with E-state index in [0.717, 1.165) is 22.5 Å². The molecule has 0 bridgehead atoms. The van der Waals surface area contributed by atoms with Gasteiger partial charge in [0.15, 0.2) is 23.1 Å². The summed E-state index contributed by atoms with van der Waals surface area (Å²) in [5.41, 5.74) is 5.29. The van der Waals surface area contributed by atoms with Crippen molar-refractivity contribution in [1.29, 1.82) is 0 Å². The number of anilines is 4. The van der Waals surface area contributed by atoms with E-state index in [1.807, 2.05) is 104 Å². The Hall–Kier alpha value is -6.52. The average molecular weight is 749 g/mol. The number of methoxy groups -OCH3 is 2. The molecule has 0 spiro atoms. The molecule has 0 atom stereocenters. The number of ketones is 4. The van der Waals surface area contributed by atoms with E-state index < -0.39 is 22.2 Å². The Kier molecular flexibility index (Phi) is 8.81. The summed E-state index contributed by atoms with van der Waals surface area (Å²) in [7, 11) is 3.16. The zero-order valence-electron chi connectivity index (χ0n) is 33.2. The zero-order valence-corrected chi connectivity index (χ0v) is 33.2. The minimum absolute atomic E-state index is 0.0153. The largest absolute Gasteiger partial charge is 0.495 e. The topological polar surface area (TPSA) is 135 Å². The third kappa shape index (κ3) is 6.12. The Morgan fingerprint density at radius 1 is 0.411 bits per heavy atom. The second-order valence-corrected chi connectivity index (χ2v) is 16.4. The van der Waals surface area contributed by atoms with Crippen LogP contribution in [0.4, 0.5) is 22.7 Å². The Balaban J connectivity index is 0.000000172. The number of fused-ring (bicyclic) bond motifs is 4. The van der Waals surface area contributed by atoms with E-state index in [2.05, 4.69) is 44.9 Å². The van der Waals surface area contributed by atoms with Crippen LogP contribution in [0.2, 0.25) is 0 Å². The lowest BCUT2D eigenvalue weighted by molar-refractivity contribution is 0.0932. The molecule has 4 aliphatic heterocycles. The van der Waals surface area contributed by atoms with Gasteiger partial charge in [0.25, 0.3) is 0 Å². The molecule has 4 aliphatic rings. The molecule has 0 aliphatic carbocycles. The van der Waals surface area contributed by atoms with Crippen LogP contribution in [0.5, 0.6) is 11.5 Å². The minimum atomic E-state index is -0.709. The second kappa shape index (κ2) is 13.1. The van der Waals surface area contributed by atoms with Gasteiger partial charge in [-0.1, -0.05) is 35.8 Å². The molecule has 4 N–H and O–H groups in total. The molecule has 0 amide bonds. The summed E-state index contributed by atoms with van der Waals surface area (Å²) in [5, 5.41) is 13.0. The van der Waals surface area contributed by atoms with Crippen molar-refractivity contribution in [3.63, 3.8) is 0 Å². The highest BCUT2D eigenvalue weighted by molar-refractivity contribution is 6.17. The van der Waals surface area contributed by atoms with Gasteiger partial charge in [0.05, 0.1) is 70.3 Å². The summed E-state index contributed by atoms with van der Waals surface area (Å²) >= 11 is 0. The van der Waals surface area contributed by atoms with Gasteiger partial charge in [0, 0.05) is 33.4 Å².